The highest BCUT2D eigenvalue weighted by Gasteiger charge is 2.03. The van der Waals surface area contributed by atoms with Crippen LogP contribution in [-0.2, 0) is 0 Å². The summed E-state index contributed by atoms with van der Waals surface area (Å²) in [6.07, 6.45) is 2.56. The second kappa shape index (κ2) is 7.56. The summed E-state index contributed by atoms with van der Waals surface area (Å²) in [7, 11) is 0. The molecule has 0 aromatic rings. The number of rotatable bonds is 7. The average Bonchev–Trinajstić information content (AvgIpc) is 2.12. The van der Waals surface area contributed by atoms with Gasteiger partial charge in [0.15, 0.2) is 0 Å². The van der Waals surface area contributed by atoms with Crippen molar-refractivity contribution in [1.29, 1.82) is 0 Å². The van der Waals surface area contributed by atoms with Crippen molar-refractivity contribution in [2.24, 2.45) is 17.6 Å². The molecule has 0 aliphatic rings. The second-order valence-corrected chi connectivity index (χ2v) is 3.68. The molecule has 0 radical (unpaired) electrons. The molecule has 0 aliphatic heterocycles. The summed E-state index contributed by atoms with van der Waals surface area (Å²) >= 11 is 0. The van der Waals surface area contributed by atoms with E-state index < -0.39 is 0 Å². The highest BCUT2D eigenvalue weighted by atomic mass is 14.9. The first kappa shape index (κ1) is 11.9. The van der Waals surface area contributed by atoms with Crippen LogP contribution in [0.2, 0.25) is 0 Å². The maximum Gasteiger partial charge on any atom is -0.00110 e. The Bertz CT molecular complexity index is 89.8. The van der Waals surface area contributed by atoms with E-state index in [1.165, 1.54) is 12.8 Å². The zero-order valence-corrected chi connectivity index (χ0v) is 8.77. The number of nitrogens with one attached hydrogen (secondary N) is 1. The summed E-state index contributed by atoms with van der Waals surface area (Å²) in [6, 6.07) is 0. The molecular weight excluding hydrogens is 148 g/mol. The van der Waals surface area contributed by atoms with Crippen molar-refractivity contribution in [2.45, 2.75) is 33.6 Å². The third-order valence-corrected chi connectivity index (χ3v) is 2.48. The van der Waals surface area contributed by atoms with Crippen LogP contribution in [0.5, 0.6) is 0 Å². The van der Waals surface area contributed by atoms with Gasteiger partial charge in [-0.15, -0.1) is 0 Å². The van der Waals surface area contributed by atoms with E-state index in [9.17, 15) is 0 Å². The molecule has 1 unspecified atom stereocenters. The first-order valence-electron chi connectivity index (χ1n) is 5.15. The molecule has 0 aliphatic carbocycles. The summed E-state index contributed by atoms with van der Waals surface area (Å²) in [6.45, 7) is 9.69. The molecule has 0 rings (SSSR count). The van der Waals surface area contributed by atoms with Gasteiger partial charge < -0.3 is 11.1 Å². The molecule has 1 atom stereocenters. The molecule has 0 heterocycles. The Morgan fingerprint density at radius 1 is 1.17 bits per heavy atom. The van der Waals surface area contributed by atoms with Crippen LogP contribution in [0.1, 0.15) is 33.6 Å². The van der Waals surface area contributed by atoms with E-state index in [1.54, 1.807) is 0 Å². The Kier molecular flexibility index (Phi) is 7.51. The van der Waals surface area contributed by atoms with E-state index in [4.69, 9.17) is 5.73 Å². The van der Waals surface area contributed by atoms with Crippen LogP contribution >= 0.6 is 0 Å². The molecule has 2 nitrogen and oxygen atoms in total. The van der Waals surface area contributed by atoms with Gasteiger partial charge in [0.2, 0.25) is 0 Å². The van der Waals surface area contributed by atoms with Gasteiger partial charge >= 0.3 is 0 Å². The third kappa shape index (κ3) is 5.56. The highest BCUT2D eigenvalue weighted by Crippen LogP contribution is 2.05. The Morgan fingerprint density at radius 3 is 2.17 bits per heavy atom. The Hall–Kier alpha value is -0.0800. The summed E-state index contributed by atoms with van der Waals surface area (Å²) in [5.41, 5.74) is 5.51. The zero-order valence-electron chi connectivity index (χ0n) is 8.77. The van der Waals surface area contributed by atoms with Crippen molar-refractivity contribution in [1.82, 2.24) is 5.32 Å². The molecule has 12 heavy (non-hydrogen) atoms. The van der Waals surface area contributed by atoms with Crippen molar-refractivity contribution >= 4 is 0 Å². The first-order valence-corrected chi connectivity index (χ1v) is 5.15. The fraction of sp³-hybridized carbons (Fsp3) is 1.00. The van der Waals surface area contributed by atoms with E-state index in [-0.39, 0.29) is 0 Å². The standard InChI is InChI=1S/C10H24N2/c1-4-10(5-2)8-12-7-9(3)6-11/h9-10,12H,4-8,11H2,1-3H3. The van der Waals surface area contributed by atoms with Crippen molar-refractivity contribution in [3.8, 4) is 0 Å². The minimum atomic E-state index is 0.611. The summed E-state index contributed by atoms with van der Waals surface area (Å²) in [5, 5.41) is 3.46. The van der Waals surface area contributed by atoms with Crippen molar-refractivity contribution in [3.05, 3.63) is 0 Å². The van der Waals surface area contributed by atoms with Crippen LogP contribution in [0.3, 0.4) is 0 Å². The minimum Gasteiger partial charge on any atom is -0.330 e. The van der Waals surface area contributed by atoms with Crippen molar-refractivity contribution in [2.75, 3.05) is 19.6 Å². The summed E-state index contributed by atoms with van der Waals surface area (Å²) < 4.78 is 0. The summed E-state index contributed by atoms with van der Waals surface area (Å²) in [5.74, 6) is 1.45. The van der Waals surface area contributed by atoms with Crippen LogP contribution in [0, 0.1) is 11.8 Å². The lowest BCUT2D eigenvalue weighted by Crippen LogP contribution is -2.29. The van der Waals surface area contributed by atoms with Crippen LogP contribution in [-0.4, -0.2) is 19.6 Å². The molecule has 0 aromatic carbocycles. The molecule has 0 amide bonds. The van der Waals surface area contributed by atoms with E-state index in [1.807, 2.05) is 0 Å². The van der Waals surface area contributed by atoms with Gasteiger partial charge in [-0.05, 0) is 31.5 Å². The Morgan fingerprint density at radius 2 is 1.75 bits per heavy atom. The fourth-order valence-corrected chi connectivity index (χ4v) is 1.19. The van der Waals surface area contributed by atoms with E-state index in [0.29, 0.717) is 5.92 Å². The Balaban J connectivity index is 3.28. The molecular formula is C10H24N2. The molecule has 0 fully saturated rings. The van der Waals surface area contributed by atoms with Gasteiger partial charge in [0.05, 0.1) is 0 Å². The molecule has 2 heteroatoms. The molecule has 0 saturated carbocycles. The van der Waals surface area contributed by atoms with Crippen molar-refractivity contribution in [3.63, 3.8) is 0 Å². The average molecular weight is 172 g/mol. The van der Waals surface area contributed by atoms with Crippen molar-refractivity contribution < 1.29 is 0 Å². The molecule has 3 N–H and O–H groups in total. The molecule has 0 spiro atoms. The van der Waals surface area contributed by atoms with Gasteiger partial charge in [-0.2, -0.15) is 0 Å². The lowest BCUT2D eigenvalue weighted by Gasteiger charge is -2.15. The van der Waals surface area contributed by atoms with Crippen LogP contribution in [0.15, 0.2) is 0 Å². The molecule has 0 saturated heterocycles. The highest BCUT2D eigenvalue weighted by molar-refractivity contribution is 4.61. The number of hydrogen-bond acceptors (Lipinski definition) is 2. The predicted molar refractivity (Wildman–Crippen MR) is 55.2 cm³/mol. The van der Waals surface area contributed by atoms with E-state index in [2.05, 4.69) is 26.1 Å². The maximum absolute atomic E-state index is 5.51. The maximum atomic E-state index is 5.51. The monoisotopic (exact) mass is 172 g/mol. The quantitative estimate of drug-likeness (QED) is 0.612. The Labute approximate surface area is 76.9 Å². The predicted octanol–water partition coefficient (Wildman–Crippen LogP) is 1.61. The smallest absolute Gasteiger partial charge is 0.00110 e. The van der Waals surface area contributed by atoms with Gasteiger partial charge in [0, 0.05) is 0 Å². The largest absolute Gasteiger partial charge is 0.330 e. The van der Waals surface area contributed by atoms with Crippen LogP contribution < -0.4 is 11.1 Å². The minimum absolute atomic E-state index is 0.611. The van der Waals surface area contributed by atoms with E-state index >= 15 is 0 Å². The number of hydrogen-bond donors (Lipinski definition) is 2. The topological polar surface area (TPSA) is 38.0 Å². The van der Waals surface area contributed by atoms with Crippen LogP contribution in [0.4, 0.5) is 0 Å². The third-order valence-electron chi connectivity index (χ3n) is 2.48. The van der Waals surface area contributed by atoms with Gasteiger partial charge in [-0.3, -0.25) is 0 Å². The number of nitrogens with two attached hydrogens (primary N) is 1. The van der Waals surface area contributed by atoms with Gasteiger partial charge in [-0.1, -0.05) is 33.6 Å². The zero-order chi connectivity index (χ0) is 9.40. The van der Waals surface area contributed by atoms with E-state index in [0.717, 1.165) is 25.6 Å². The van der Waals surface area contributed by atoms with Crippen LogP contribution in [0.25, 0.3) is 0 Å². The fourth-order valence-electron chi connectivity index (χ4n) is 1.19. The lowest BCUT2D eigenvalue weighted by atomic mass is 10.0. The second-order valence-electron chi connectivity index (χ2n) is 3.68. The molecule has 0 aromatic heterocycles. The van der Waals surface area contributed by atoms with Gasteiger partial charge in [0.1, 0.15) is 0 Å². The normalized spacial score (nSPS) is 13.8. The molecule has 0 bridgehead atoms. The lowest BCUT2D eigenvalue weighted by molar-refractivity contribution is 0.423. The van der Waals surface area contributed by atoms with Gasteiger partial charge in [0.25, 0.3) is 0 Å². The molecule has 74 valence electrons. The van der Waals surface area contributed by atoms with Gasteiger partial charge in [-0.25, -0.2) is 0 Å². The summed E-state index contributed by atoms with van der Waals surface area (Å²) in [4.78, 5) is 0. The SMILES string of the molecule is CCC(CC)CNCC(C)CN. The first-order chi connectivity index (χ1) is 5.74.